The molecule has 1 aromatic rings. The Bertz CT molecular complexity index is 471. The molecule has 3 nitrogen and oxygen atoms in total. The van der Waals surface area contributed by atoms with Crippen molar-refractivity contribution in [3.05, 3.63) is 35.4 Å². The number of aliphatic hydroxyl groups is 1. The second kappa shape index (κ2) is 4.19. The summed E-state index contributed by atoms with van der Waals surface area (Å²) < 4.78 is 48.3. The molecule has 1 saturated heterocycles. The summed E-state index contributed by atoms with van der Waals surface area (Å²) >= 11 is 0. The number of hydrogen-bond donors (Lipinski definition) is 1. The van der Waals surface area contributed by atoms with E-state index in [0.717, 1.165) is 5.56 Å². The van der Waals surface area contributed by atoms with Gasteiger partial charge in [0.25, 0.3) is 0 Å². The molecule has 0 amide bonds. The molecule has 106 valence electrons. The van der Waals surface area contributed by atoms with Gasteiger partial charge in [0.1, 0.15) is 0 Å². The average Bonchev–Trinajstić information content (AvgIpc) is 2.96. The maximum Gasteiger partial charge on any atom is 0.417 e. The molecule has 1 fully saturated rings. The smallest absolute Gasteiger partial charge is 0.381 e. The number of methoxy groups -OCH3 is 1. The van der Waals surface area contributed by atoms with Gasteiger partial charge in [0.2, 0.25) is 5.79 Å². The number of hydrogen-bond acceptors (Lipinski definition) is 3. The first-order valence-electron chi connectivity index (χ1n) is 5.74. The van der Waals surface area contributed by atoms with Gasteiger partial charge in [0.05, 0.1) is 0 Å². The van der Waals surface area contributed by atoms with E-state index in [-0.39, 0.29) is 0 Å². The first-order valence-corrected chi connectivity index (χ1v) is 5.74. The summed E-state index contributed by atoms with van der Waals surface area (Å²) in [7, 11) is 1.26. The second-order valence-electron chi connectivity index (χ2n) is 4.84. The molecule has 6 heteroatoms. The molecule has 1 heterocycles. The maximum atomic E-state index is 12.7. The lowest BCUT2D eigenvalue weighted by Crippen LogP contribution is -2.44. The van der Waals surface area contributed by atoms with Crippen molar-refractivity contribution in [2.45, 2.75) is 37.5 Å². The Morgan fingerprint density at radius 2 is 1.79 bits per heavy atom. The van der Waals surface area contributed by atoms with Crippen LogP contribution in [0.2, 0.25) is 0 Å². The largest absolute Gasteiger partial charge is 0.417 e. The predicted octanol–water partition coefficient (Wildman–Crippen LogP) is 2.51. The van der Waals surface area contributed by atoms with Crippen LogP contribution >= 0.6 is 0 Å². The van der Waals surface area contributed by atoms with Crippen LogP contribution < -0.4 is 0 Å². The van der Waals surface area contributed by atoms with Crippen LogP contribution in [0.3, 0.4) is 0 Å². The van der Waals surface area contributed by atoms with Gasteiger partial charge in [-0.1, -0.05) is 29.8 Å². The summed E-state index contributed by atoms with van der Waals surface area (Å²) in [4.78, 5) is 0. The normalized spacial score (nSPS) is 32.2. The molecule has 0 aliphatic carbocycles. The Morgan fingerprint density at radius 1 is 1.26 bits per heavy atom. The Kier molecular flexibility index (Phi) is 3.16. The van der Waals surface area contributed by atoms with Gasteiger partial charge in [-0.25, -0.2) is 0 Å². The summed E-state index contributed by atoms with van der Waals surface area (Å²) in [5.74, 6) is -1.56. The van der Waals surface area contributed by atoms with Gasteiger partial charge in [-0.2, -0.15) is 13.2 Å². The Balaban J connectivity index is 2.36. The number of rotatable bonds is 3. The summed E-state index contributed by atoms with van der Waals surface area (Å²) in [6.07, 6.45) is -7.37. The Morgan fingerprint density at radius 3 is 2.21 bits per heavy atom. The van der Waals surface area contributed by atoms with E-state index in [9.17, 15) is 18.3 Å². The number of benzene rings is 1. The number of alkyl halides is 3. The Labute approximate surface area is 108 Å². The van der Waals surface area contributed by atoms with Crippen LogP contribution in [0.25, 0.3) is 0 Å². The molecule has 1 aliphatic heterocycles. The van der Waals surface area contributed by atoms with Crippen LogP contribution in [0.15, 0.2) is 24.3 Å². The van der Waals surface area contributed by atoms with Gasteiger partial charge in [-0.3, -0.25) is 0 Å². The average molecular weight is 276 g/mol. The fourth-order valence-electron chi connectivity index (χ4n) is 2.30. The van der Waals surface area contributed by atoms with E-state index < -0.39 is 23.7 Å². The predicted molar refractivity (Wildman–Crippen MR) is 61.4 cm³/mol. The van der Waals surface area contributed by atoms with Crippen molar-refractivity contribution in [2.24, 2.45) is 0 Å². The monoisotopic (exact) mass is 276 g/mol. The molecule has 1 unspecified atom stereocenters. The van der Waals surface area contributed by atoms with E-state index in [0.29, 0.717) is 5.56 Å². The highest BCUT2D eigenvalue weighted by molar-refractivity contribution is 5.33. The van der Waals surface area contributed by atoms with E-state index >= 15 is 0 Å². The van der Waals surface area contributed by atoms with Gasteiger partial charge >= 0.3 is 6.18 Å². The highest BCUT2D eigenvalue weighted by atomic mass is 19.4. The van der Waals surface area contributed by atoms with Gasteiger partial charge in [-0.15, -0.1) is 0 Å². The van der Waals surface area contributed by atoms with E-state index in [1.807, 2.05) is 6.92 Å². The van der Waals surface area contributed by atoms with Crippen LogP contribution in [0, 0.1) is 6.92 Å². The van der Waals surface area contributed by atoms with E-state index in [2.05, 4.69) is 0 Å². The number of epoxide rings is 1. The van der Waals surface area contributed by atoms with Crippen molar-refractivity contribution in [3.8, 4) is 0 Å². The number of aliphatic hydroxyl groups excluding tert-OH is 1. The molecule has 1 aliphatic rings. The van der Waals surface area contributed by atoms with Crippen LogP contribution in [-0.4, -0.2) is 30.1 Å². The van der Waals surface area contributed by atoms with Crippen molar-refractivity contribution < 1.29 is 27.8 Å². The van der Waals surface area contributed by atoms with Gasteiger partial charge < -0.3 is 14.6 Å². The van der Waals surface area contributed by atoms with E-state index in [4.69, 9.17) is 9.47 Å². The zero-order valence-corrected chi connectivity index (χ0v) is 10.8. The van der Waals surface area contributed by atoms with Crippen molar-refractivity contribution in [1.29, 1.82) is 0 Å². The van der Waals surface area contributed by atoms with Crippen molar-refractivity contribution in [2.75, 3.05) is 7.11 Å². The summed E-state index contributed by atoms with van der Waals surface area (Å²) in [6, 6.07) is 6.76. The third-order valence-corrected chi connectivity index (χ3v) is 3.52. The van der Waals surface area contributed by atoms with Crippen LogP contribution in [0.1, 0.15) is 18.1 Å². The number of aryl methyl sites for hydroxylation is 1. The van der Waals surface area contributed by atoms with Gasteiger partial charge in [0, 0.05) is 12.7 Å². The molecule has 1 aromatic carbocycles. The highest BCUT2D eigenvalue weighted by Crippen LogP contribution is 2.60. The minimum Gasteiger partial charge on any atom is -0.381 e. The molecular weight excluding hydrogens is 261 g/mol. The summed E-state index contributed by atoms with van der Waals surface area (Å²) in [5, 5.41) is 9.44. The minimum atomic E-state index is -4.76. The van der Waals surface area contributed by atoms with Crippen LogP contribution in [0.4, 0.5) is 13.2 Å². The molecule has 1 N–H and O–H groups in total. The third kappa shape index (κ3) is 2.04. The number of halogens is 3. The fraction of sp³-hybridized carbons (Fsp3) is 0.538. The molecule has 0 saturated carbocycles. The molecule has 0 bridgehead atoms. The third-order valence-electron chi connectivity index (χ3n) is 3.52. The van der Waals surface area contributed by atoms with E-state index in [1.54, 1.807) is 24.3 Å². The lowest BCUT2D eigenvalue weighted by atomic mass is 9.91. The lowest BCUT2D eigenvalue weighted by Gasteiger charge is -2.22. The number of ether oxygens (including phenoxy) is 2. The second-order valence-corrected chi connectivity index (χ2v) is 4.84. The molecule has 3 atom stereocenters. The SMILES string of the molecule is COC1(c2ccc(C)cc2)O[C@]1(C)[C@@H](O)C(F)(F)F. The zero-order valence-electron chi connectivity index (χ0n) is 10.8. The first-order chi connectivity index (χ1) is 8.67. The minimum absolute atomic E-state index is 0.450. The van der Waals surface area contributed by atoms with Gasteiger partial charge in [0.15, 0.2) is 11.7 Å². The fourth-order valence-corrected chi connectivity index (χ4v) is 2.30. The molecular formula is C13H15F3O3. The van der Waals surface area contributed by atoms with Crippen LogP contribution in [-0.2, 0) is 15.3 Å². The molecule has 2 rings (SSSR count). The quantitative estimate of drug-likeness (QED) is 0.862. The molecule has 19 heavy (non-hydrogen) atoms. The Hall–Kier alpha value is -1.11. The zero-order chi connectivity index (χ0) is 14.5. The molecule has 0 radical (unpaired) electrons. The lowest BCUT2D eigenvalue weighted by molar-refractivity contribution is -0.222. The van der Waals surface area contributed by atoms with Crippen molar-refractivity contribution in [1.82, 2.24) is 0 Å². The summed E-state index contributed by atoms with van der Waals surface area (Å²) in [6.45, 7) is 3.05. The topological polar surface area (TPSA) is 42.0 Å². The standard InChI is InChI=1S/C13H15F3O3/c1-8-4-6-9(7-5-8)12(18-3)11(2,19-12)10(17)13(14,15)16/h4-7,10,17H,1-3H3/t10-,11-,12?/m1/s1. The first kappa shape index (κ1) is 14.3. The van der Waals surface area contributed by atoms with E-state index in [1.165, 1.54) is 14.0 Å². The summed E-state index contributed by atoms with van der Waals surface area (Å²) in [5.41, 5.74) is -0.421. The maximum absolute atomic E-state index is 12.7. The van der Waals surface area contributed by atoms with Gasteiger partial charge in [-0.05, 0) is 13.8 Å². The highest BCUT2D eigenvalue weighted by Gasteiger charge is 2.77. The van der Waals surface area contributed by atoms with Crippen molar-refractivity contribution in [3.63, 3.8) is 0 Å². The molecule has 0 aromatic heterocycles. The van der Waals surface area contributed by atoms with Crippen LogP contribution in [0.5, 0.6) is 0 Å². The molecule has 0 spiro atoms. The van der Waals surface area contributed by atoms with Crippen molar-refractivity contribution >= 4 is 0 Å².